The van der Waals surface area contributed by atoms with Crippen LogP contribution in [0.3, 0.4) is 0 Å². The fraction of sp³-hybridized carbons (Fsp3) is 0.227. The van der Waals surface area contributed by atoms with Crippen LogP contribution in [0.1, 0.15) is 38.6 Å². The van der Waals surface area contributed by atoms with Gasteiger partial charge >= 0.3 is 0 Å². The van der Waals surface area contributed by atoms with E-state index in [2.05, 4.69) is 11.4 Å². The third kappa shape index (κ3) is 4.14. The molecule has 0 atom stereocenters. The summed E-state index contributed by atoms with van der Waals surface area (Å²) in [5.74, 6) is 1.40. The minimum absolute atomic E-state index is 0.267. The van der Waals surface area contributed by atoms with Gasteiger partial charge in [0.2, 0.25) is 0 Å². The molecule has 0 aliphatic rings. The van der Waals surface area contributed by atoms with Crippen molar-refractivity contribution in [2.24, 2.45) is 0 Å². The number of carbonyl (C=O) groups excluding carboxylic acids is 1. The number of furan rings is 1. The Kier molecular flexibility index (Phi) is 5.12. The highest BCUT2D eigenvalue weighted by molar-refractivity contribution is 6.02. The SMILES string of the molecule is Cc1cc(C)cc(OCc2ccc(C(=O)Nc3cccc(C)c3C)o2)c1. The number of aryl methyl sites for hydroxylation is 3. The van der Waals surface area contributed by atoms with Gasteiger partial charge in [-0.1, -0.05) is 18.2 Å². The first kappa shape index (κ1) is 17.8. The lowest BCUT2D eigenvalue weighted by molar-refractivity contribution is 0.0992. The van der Waals surface area contributed by atoms with Gasteiger partial charge in [0.25, 0.3) is 5.91 Å². The molecule has 26 heavy (non-hydrogen) atoms. The number of nitrogens with one attached hydrogen (secondary N) is 1. The summed E-state index contributed by atoms with van der Waals surface area (Å²) in [5.41, 5.74) is 5.26. The Hall–Kier alpha value is -3.01. The second kappa shape index (κ2) is 7.48. The molecule has 1 aromatic heterocycles. The Morgan fingerprint density at radius 3 is 2.46 bits per heavy atom. The largest absolute Gasteiger partial charge is 0.486 e. The highest BCUT2D eigenvalue weighted by atomic mass is 16.5. The molecule has 0 radical (unpaired) electrons. The number of carbonyl (C=O) groups is 1. The van der Waals surface area contributed by atoms with Crippen LogP contribution >= 0.6 is 0 Å². The maximum atomic E-state index is 12.4. The van der Waals surface area contributed by atoms with E-state index in [-0.39, 0.29) is 18.3 Å². The zero-order chi connectivity index (χ0) is 18.7. The van der Waals surface area contributed by atoms with Crippen LogP contribution in [0.15, 0.2) is 52.9 Å². The van der Waals surface area contributed by atoms with Gasteiger partial charge in [-0.25, -0.2) is 0 Å². The molecule has 4 heteroatoms. The lowest BCUT2D eigenvalue weighted by Crippen LogP contribution is -2.12. The molecule has 3 aromatic rings. The van der Waals surface area contributed by atoms with Crippen LogP contribution in [0, 0.1) is 27.7 Å². The topological polar surface area (TPSA) is 51.5 Å². The fourth-order valence-electron chi connectivity index (χ4n) is 2.82. The van der Waals surface area contributed by atoms with E-state index >= 15 is 0 Å². The van der Waals surface area contributed by atoms with Crippen molar-refractivity contribution in [2.45, 2.75) is 34.3 Å². The van der Waals surface area contributed by atoms with Crippen LogP contribution in [0.25, 0.3) is 0 Å². The Morgan fingerprint density at radius 2 is 1.73 bits per heavy atom. The van der Waals surface area contributed by atoms with E-state index in [1.54, 1.807) is 12.1 Å². The van der Waals surface area contributed by atoms with Gasteiger partial charge in [-0.05, 0) is 80.3 Å². The van der Waals surface area contributed by atoms with Gasteiger partial charge in [-0.15, -0.1) is 0 Å². The minimum Gasteiger partial charge on any atom is -0.486 e. The second-order valence-corrected chi connectivity index (χ2v) is 6.58. The van der Waals surface area contributed by atoms with Crippen LogP contribution in [-0.2, 0) is 6.61 Å². The van der Waals surface area contributed by atoms with E-state index in [0.717, 1.165) is 33.7 Å². The molecule has 1 heterocycles. The summed E-state index contributed by atoms with van der Waals surface area (Å²) in [7, 11) is 0. The maximum Gasteiger partial charge on any atom is 0.291 e. The standard InChI is InChI=1S/C22H23NO3/c1-14-10-15(2)12-19(11-14)25-13-18-8-9-21(26-18)22(24)23-20-7-5-6-16(3)17(20)4/h5-12H,13H2,1-4H3,(H,23,24). The van der Waals surface area contributed by atoms with Crippen molar-refractivity contribution in [3.8, 4) is 5.75 Å². The van der Waals surface area contributed by atoms with Gasteiger partial charge in [0.15, 0.2) is 5.76 Å². The van der Waals surface area contributed by atoms with Crippen LogP contribution in [-0.4, -0.2) is 5.91 Å². The van der Waals surface area contributed by atoms with E-state index in [0.29, 0.717) is 5.76 Å². The lowest BCUT2D eigenvalue weighted by atomic mass is 10.1. The summed E-state index contributed by atoms with van der Waals surface area (Å²) < 4.78 is 11.4. The Balaban J connectivity index is 1.65. The molecule has 0 bridgehead atoms. The summed E-state index contributed by atoms with van der Waals surface area (Å²) in [5, 5.41) is 2.90. The number of anilines is 1. The minimum atomic E-state index is -0.267. The monoisotopic (exact) mass is 349 g/mol. The van der Waals surface area contributed by atoms with Crippen molar-refractivity contribution in [3.05, 3.63) is 82.3 Å². The zero-order valence-corrected chi connectivity index (χ0v) is 15.6. The first-order valence-corrected chi connectivity index (χ1v) is 8.60. The first-order chi connectivity index (χ1) is 12.4. The molecule has 3 rings (SSSR count). The molecule has 0 spiro atoms. The molecule has 2 aromatic carbocycles. The molecule has 0 unspecified atom stereocenters. The number of rotatable bonds is 5. The number of amides is 1. The van der Waals surface area contributed by atoms with Crippen molar-refractivity contribution >= 4 is 11.6 Å². The fourth-order valence-corrected chi connectivity index (χ4v) is 2.82. The summed E-state index contributed by atoms with van der Waals surface area (Å²) >= 11 is 0. The second-order valence-electron chi connectivity index (χ2n) is 6.58. The molecule has 0 fully saturated rings. The highest BCUT2D eigenvalue weighted by Gasteiger charge is 2.13. The van der Waals surface area contributed by atoms with E-state index in [9.17, 15) is 4.79 Å². The van der Waals surface area contributed by atoms with Crippen molar-refractivity contribution in [1.82, 2.24) is 0 Å². The molecular weight excluding hydrogens is 326 g/mol. The summed E-state index contributed by atoms with van der Waals surface area (Å²) in [6, 6.07) is 15.3. The molecule has 0 aliphatic heterocycles. The van der Waals surface area contributed by atoms with Crippen molar-refractivity contribution in [1.29, 1.82) is 0 Å². The van der Waals surface area contributed by atoms with E-state index in [1.165, 1.54) is 0 Å². The zero-order valence-electron chi connectivity index (χ0n) is 15.6. The molecule has 1 N–H and O–H groups in total. The summed E-state index contributed by atoms with van der Waals surface area (Å²) in [6.07, 6.45) is 0. The van der Waals surface area contributed by atoms with Crippen LogP contribution in [0.2, 0.25) is 0 Å². The quantitative estimate of drug-likeness (QED) is 0.676. The van der Waals surface area contributed by atoms with Crippen molar-refractivity contribution < 1.29 is 13.9 Å². The number of ether oxygens (including phenoxy) is 1. The Labute approximate surface area is 153 Å². The smallest absolute Gasteiger partial charge is 0.291 e. The predicted molar refractivity (Wildman–Crippen MR) is 103 cm³/mol. The first-order valence-electron chi connectivity index (χ1n) is 8.60. The number of benzene rings is 2. The third-order valence-corrected chi connectivity index (χ3v) is 4.31. The number of hydrogen-bond donors (Lipinski definition) is 1. The average molecular weight is 349 g/mol. The predicted octanol–water partition coefficient (Wildman–Crippen LogP) is 5.34. The van der Waals surface area contributed by atoms with Crippen molar-refractivity contribution in [3.63, 3.8) is 0 Å². The molecule has 134 valence electrons. The van der Waals surface area contributed by atoms with Gasteiger partial charge in [-0.3, -0.25) is 4.79 Å². The third-order valence-electron chi connectivity index (χ3n) is 4.31. The van der Waals surface area contributed by atoms with Crippen LogP contribution < -0.4 is 10.1 Å². The lowest BCUT2D eigenvalue weighted by Gasteiger charge is -2.09. The summed E-state index contributed by atoms with van der Waals surface area (Å²) in [4.78, 5) is 12.4. The summed E-state index contributed by atoms with van der Waals surface area (Å²) in [6.45, 7) is 8.33. The van der Waals surface area contributed by atoms with Gasteiger partial charge < -0.3 is 14.5 Å². The highest BCUT2D eigenvalue weighted by Crippen LogP contribution is 2.21. The van der Waals surface area contributed by atoms with Crippen LogP contribution in [0.5, 0.6) is 5.75 Å². The average Bonchev–Trinajstić information content (AvgIpc) is 3.05. The molecule has 1 amide bonds. The van der Waals surface area contributed by atoms with Gasteiger partial charge in [-0.2, -0.15) is 0 Å². The van der Waals surface area contributed by atoms with E-state index in [1.807, 2.05) is 58.0 Å². The molecule has 0 saturated carbocycles. The van der Waals surface area contributed by atoms with Gasteiger partial charge in [0.1, 0.15) is 18.1 Å². The normalized spacial score (nSPS) is 10.6. The Bertz CT molecular complexity index is 920. The molecular formula is C22H23NO3. The molecule has 0 aliphatic carbocycles. The maximum absolute atomic E-state index is 12.4. The van der Waals surface area contributed by atoms with Crippen molar-refractivity contribution in [2.75, 3.05) is 5.32 Å². The molecule has 0 saturated heterocycles. The number of hydrogen-bond acceptors (Lipinski definition) is 3. The molecule has 4 nitrogen and oxygen atoms in total. The van der Waals surface area contributed by atoms with Crippen LogP contribution in [0.4, 0.5) is 5.69 Å². The van der Waals surface area contributed by atoms with E-state index < -0.39 is 0 Å². The Morgan fingerprint density at radius 1 is 1.00 bits per heavy atom. The van der Waals surface area contributed by atoms with E-state index in [4.69, 9.17) is 9.15 Å². The van der Waals surface area contributed by atoms with Gasteiger partial charge in [0, 0.05) is 5.69 Å². The van der Waals surface area contributed by atoms with Gasteiger partial charge in [0.05, 0.1) is 0 Å².